The van der Waals surface area contributed by atoms with Crippen LogP contribution < -0.4 is 0 Å². The first-order chi connectivity index (χ1) is 8.72. The molecule has 0 saturated carbocycles. The highest BCUT2D eigenvalue weighted by Gasteiger charge is 2.31. The minimum Gasteiger partial charge on any atom is -0.468 e. The maximum absolute atomic E-state index is 5.93. The maximum Gasteiger partial charge on any atom is 0.217 e. The second-order valence-corrected chi connectivity index (χ2v) is 5.01. The molecule has 96 valence electrons. The lowest BCUT2D eigenvalue weighted by molar-refractivity contribution is 0.219. The summed E-state index contributed by atoms with van der Waals surface area (Å²) in [5, 5.41) is 0. The van der Waals surface area contributed by atoms with Gasteiger partial charge in [-0.3, -0.25) is 0 Å². The van der Waals surface area contributed by atoms with E-state index >= 15 is 0 Å². The lowest BCUT2D eigenvalue weighted by Crippen LogP contribution is -2.25. The first kappa shape index (κ1) is 13.2. The summed E-state index contributed by atoms with van der Waals surface area (Å²) >= 11 is 5.68. The molecule has 1 aromatic carbocycles. The lowest BCUT2D eigenvalue weighted by atomic mass is 9.99. The SMILES string of the molecule is CC(C)[C@@H]1N=C(c2ccccc2)O[C@H]1/C=C/CCl. The Morgan fingerprint density at radius 2 is 2.06 bits per heavy atom. The van der Waals surface area contributed by atoms with Gasteiger partial charge >= 0.3 is 0 Å². The quantitative estimate of drug-likeness (QED) is 0.600. The number of hydrogen-bond acceptors (Lipinski definition) is 2. The molecule has 2 rings (SSSR count). The highest BCUT2D eigenvalue weighted by atomic mass is 35.5. The van der Waals surface area contributed by atoms with Crippen molar-refractivity contribution in [2.75, 3.05) is 5.88 Å². The zero-order valence-electron chi connectivity index (χ0n) is 10.7. The second kappa shape index (κ2) is 6.05. The number of nitrogens with zero attached hydrogens (tertiary/aromatic N) is 1. The van der Waals surface area contributed by atoms with Crippen LogP contribution in [0.3, 0.4) is 0 Å². The number of allylic oxidation sites excluding steroid dienone is 1. The third kappa shape index (κ3) is 2.94. The fourth-order valence-corrected chi connectivity index (χ4v) is 2.13. The van der Waals surface area contributed by atoms with Crippen molar-refractivity contribution in [2.45, 2.75) is 26.0 Å². The van der Waals surface area contributed by atoms with E-state index in [1.165, 1.54) is 0 Å². The molecule has 1 aliphatic heterocycles. The molecule has 0 fully saturated rings. The van der Waals surface area contributed by atoms with Gasteiger partial charge in [0.1, 0.15) is 6.10 Å². The topological polar surface area (TPSA) is 21.6 Å². The summed E-state index contributed by atoms with van der Waals surface area (Å²) in [5.74, 6) is 1.68. The molecule has 2 nitrogen and oxygen atoms in total. The molecule has 1 aromatic rings. The van der Waals surface area contributed by atoms with Crippen LogP contribution in [0.1, 0.15) is 19.4 Å². The molecular formula is C15H18ClNO. The molecule has 1 aliphatic rings. The van der Waals surface area contributed by atoms with Crippen molar-refractivity contribution >= 4 is 17.5 Å². The third-order valence-electron chi connectivity index (χ3n) is 2.97. The second-order valence-electron chi connectivity index (χ2n) is 4.70. The molecule has 0 aromatic heterocycles. The minimum absolute atomic E-state index is 0.000967. The van der Waals surface area contributed by atoms with Gasteiger partial charge in [-0.25, -0.2) is 4.99 Å². The Morgan fingerprint density at radius 3 is 2.67 bits per heavy atom. The van der Waals surface area contributed by atoms with Crippen LogP contribution in [-0.2, 0) is 4.74 Å². The van der Waals surface area contributed by atoms with Crippen molar-refractivity contribution in [3.05, 3.63) is 48.0 Å². The normalized spacial score (nSPS) is 23.4. The first-order valence-electron chi connectivity index (χ1n) is 6.25. The molecule has 0 spiro atoms. The smallest absolute Gasteiger partial charge is 0.217 e. The van der Waals surface area contributed by atoms with Crippen molar-refractivity contribution in [2.24, 2.45) is 10.9 Å². The zero-order valence-corrected chi connectivity index (χ0v) is 11.5. The minimum atomic E-state index is -0.000967. The summed E-state index contributed by atoms with van der Waals surface area (Å²) in [5.41, 5.74) is 1.03. The summed E-state index contributed by atoms with van der Waals surface area (Å²) < 4.78 is 5.93. The molecule has 0 unspecified atom stereocenters. The van der Waals surface area contributed by atoms with E-state index in [0.717, 1.165) is 11.5 Å². The first-order valence-corrected chi connectivity index (χ1v) is 6.78. The van der Waals surface area contributed by atoms with Crippen LogP contribution >= 0.6 is 11.6 Å². The van der Waals surface area contributed by atoms with Gasteiger partial charge in [0, 0.05) is 11.4 Å². The molecule has 0 saturated heterocycles. The van der Waals surface area contributed by atoms with Crippen LogP contribution in [0.15, 0.2) is 47.5 Å². The van der Waals surface area contributed by atoms with E-state index in [4.69, 9.17) is 21.3 Å². The number of hydrogen-bond donors (Lipinski definition) is 0. The van der Waals surface area contributed by atoms with Crippen LogP contribution in [0.5, 0.6) is 0 Å². The van der Waals surface area contributed by atoms with Gasteiger partial charge in [0.05, 0.1) is 6.04 Å². The van der Waals surface area contributed by atoms with Gasteiger partial charge in [-0.15, -0.1) is 11.6 Å². The zero-order chi connectivity index (χ0) is 13.0. The van der Waals surface area contributed by atoms with E-state index in [0.29, 0.717) is 11.8 Å². The molecule has 1 heterocycles. The van der Waals surface area contributed by atoms with Gasteiger partial charge in [0.15, 0.2) is 0 Å². The van der Waals surface area contributed by atoms with E-state index in [9.17, 15) is 0 Å². The van der Waals surface area contributed by atoms with Gasteiger partial charge in [0.2, 0.25) is 5.90 Å². The number of aliphatic imine (C=N–C) groups is 1. The molecule has 0 bridgehead atoms. The number of rotatable bonds is 4. The molecule has 0 N–H and O–H groups in total. The maximum atomic E-state index is 5.93. The highest BCUT2D eigenvalue weighted by Crippen LogP contribution is 2.24. The summed E-state index contributed by atoms with van der Waals surface area (Å²) in [6.45, 7) is 4.32. The number of halogens is 1. The Bertz CT molecular complexity index is 439. The lowest BCUT2D eigenvalue weighted by Gasteiger charge is -2.16. The van der Waals surface area contributed by atoms with E-state index in [1.54, 1.807) is 0 Å². The Kier molecular flexibility index (Phi) is 4.43. The molecule has 18 heavy (non-hydrogen) atoms. The van der Waals surface area contributed by atoms with Crippen LogP contribution in [0, 0.1) is 5.92 Å². The molecule has 3 heteroatoms. The van der Waals surface area contributed by atoms with Crippen molar-refractivity contribution < 1.29 is 4.74 Å². The number of benzene rings is 1. The van der Waals surface area contributed by atoms with Crippen LogP contribution in [0.4, 0.5) is 0 Å². The Balaban J connectivity index is 2.20. The standard InChI is InChI=1S/C15H18ClNO/c1-11(2)14-13(9-6-10-16)18-15(17-14)12-7-4-3-5-8-12/h3-9,11,13-14H,10H2,1-2H3/b9-6+/t13-,14-/m0/s1. The highest BCUT2D eigenvalue weighted by molar-refractivity contribution is 6.18. The van der Waals surface area contributed by atoms with Crippen molar-refractivity contribution in [1.29, 1.82) is 0 Å². The van der Waals surface area contributed by atoms with Gasteiger partial charge in [-0.1, -0.05) is 38.1 Å². The van der Waals surface area contributed by atoms with Gasteiger partial charge in [-0.05, 0) is 24.1 Å². The van der Waals surface area contributed by atoms with E-state index < -0.39 is 0 Å². The van der Waals surface area contributed by atoms with Crippen LogP contribution in [-0.4, -0.2) is 23.9 Å². The molecule has 0 amide bonds. The Labute approximate surface area is 113 Å². The number of ether oxygens (including phenoxy) is 1. The van der Waals surface area contributed by atoms with Gasteiger partial charge < -0.3 is 4.74 Å². The van der Waals surface area contributed by atoms with Crippen LogP contribution in [0.2, 0.25) is 0 Å². The van der Waals surface area contributed by atoms with Crippen molar-refractivity contribution in [3.8, 4) is 0 Å². The summed E-state index contributed by atoms with van der Waals surface area (Å²) in [6.07, 6.45) is 3.93. The summed E-state index contributed by atoms with van der Waals surface area (Å²) in [6, 6.07) is 10.2. The largest absolute Gasteiger partial charge is 0.468 e. The van der Waals surface area contributed by atoms with Crippen molar-refractivity contribution in [3.63, 3.8) is 0 Å². The predicted octanol–water partition coefficient (Wildman–Crippen LogP) is 3.65. The van der Waals surface area contributed by atoms with Crippen molar-refractivity contribution in [1.82, 2.24) is 0 Å². The van der Waals surface area contributed by atoms with Gasteiger partial charge in [0.25, 0.3) is 0 Å². The molecule has 0 aliphatic carbocycles. The average Bonchev–Trinajstić information content (AvgIpc) is 2.81. The van der Waals surface area contributed by atoms with E-state index in [1.807, 2.05) is 42.5 Å². The summed E-state index contributed by atoms with van der Waals surface area (Å²) in [4.78, 5) is 4.69. The van der Waals surface area contributed by atoms with E-state index in [-0.39, 0.29) is 12.1 Å². The Morgan fingerprint density at radius 1 is 1.33 bits per heavy atom. The van der Waals surface area contributed by atoms with Gasteiger partial charge in [-0.2, -0.15) is 0 Å². The molecule has 2 atom stereocenters. The fourth-order valence-electron chi connectivity index (χ4n) is 2.03. The predicted molar refractivity (Wildman–Crippen MR) is 76.3 cm³/mol. The van der Waals surface area contributed by atoms with Crippen LogP contribution in [0.25, 0.3) is 0 Å². The molecular weight excluding hydrogens is 246 g/mol. The number of alkyl halides is 1. The molecule has 0 radical (unpaired) electrons. The third-order valence-corrected chi connectivity index (χ3v) is 3.15. The Hall–Kier alpha value is -1.28. The monoisotopic (exact) mass is 263 g/mol. The summed E-state index contributed by atoms with van der Waals surface area (Å²) in [7, 11) is 0. The van der Waals surface area contributed by atoms with E-state index in [2.05, 4.69) is 13.8 Å². The average molecular weight is 264 g/mol. The fraction of sp³-hybridized carbons (Fsp3) is 0.400.